The van der Waals surface area contributed by atoms with Gasteiger partial charge in [0.05, 0.1) is 0 Å². The Balaban J connectivity index is 2.22. The molecule has 0 radical (unpaired) electrons. The van der Waals surface area contributed by atoms with Gasteiger partial charge in [0.1, 0.15) is 5.54 Å². The number of benzene rings is 1. The van der Waals surface area contributed by atoms with Crippen LogP contribution in [0.2, 0.25) is 0 Å². The number of anilines is 1. The van der Waals surface area contributed by atoms with Crippen molar-refractivity contribution < 1.29 is 14.7 Å². The van der Waals surface area contributed by atoms with Crippen LogP contribution in [0.3, 0.4) is 0 Å². The highest BCUT2D eigenvalue weighted by atomic mass is 79.9. The minimum atomic E-state index is -1.13. The molecule has 1 aromatic rings. The molecule has 1 fully saturated rings. The van der Waals surface area contributed by atoms with Gasteiger partial charge in [-0.2, -0.15) is 0 Å². The first kappa shape index (κ1) is 13.9. The van der Waals surface area contributed by atoms with Crippen molar-refractivity contribution in [3.63, 3.8) is 0 Å². The van der Waals surface area contributed by atoms with Gasteiger partial charge in [0.15, 0.2) is 0 Å². The van der Waals surface area contributed by atoms with Crippen molar-refractivity contribution in [2.75, 3.05) is 5.73 Å². The molecular formula is C13H15BrN2O3. The van der Waals surface area contributed by atoms with Crippen LogP contribution in [0.4, 0.5) is 5.69 Å². The van der Waals surface area contributed by atoms with Gasteiger partial charge in [-0.25, -0.2) is 4.79 Å². The number of rotatable bonds is 3. The predicted molar refractivity (Wildman–Crippen MR) is 74.9 cm³/mol. The summed E-state index contributed by atoms with van der Waals surface area (Å²) in [6.07, 6.45) is 2.57. The third kappa shape index (κ3) is 2.89. The van der Waals surface area contributed by atoms with Crippen LogP contribution < -0.4 is 11.1 Å². The second-order valence-corrected chi connectivity index (χ2v) is 5.74. The van der Waals surface area contributed by atoms with Crippen molar-refractivity contribution >= 4 is 33.5 Å². The zero-order valence-electron chi connectivity index (χ0n) is 10.3. The van der Waals surface area contributed by atoms with Crippen LogP contribution in [0.15, 0.2) is 22.7 Å². The SMILES string of the molecule is Nc1cc(Br)cc(C(=O)NC2(C(=O)O)CCCC2)c1. The first-order valence-electron chi connectivity index (χ1n) is 6.05. The lowest BCUT2D eigenvalue weighted by molar-refractivity contribution is -0.144. The van der Waals surface area contributed by atoms with E-state index >= 15 is 0 Å². The average molecular weight is 327 g/mol. The molecule has 0 heterocycles. The molecule has 1 aliphatic rings. The topological polar surface area (TPSA) is 92.4 Å². The second-order valence-electron chi connectivity index (χ2n) is 4.82. The number of nitrogen functional groups attached to an aromatic ring is 1. The van der Waals surface area contributed by atoms with Gasteiger partial charge in [-0.15, -0.1) is 0 Å². The summed E-state index contributed by atoms with van der Waals surface area (Å²) in [5.74, 6) is -1.38. The Morgan fingerprint density at radius 2 is 1.89 bits per heavy atom. The quantitative estimate of drug-likeness (QED) is 0.742. The van der Waals surface area contributed by atoms with Crippen molar-refractivity contribution in [2.24, 2.45) is 0 Å². The van der Waals surface area contributed by atoms with Gasteiger partial charge in [0, 0.05) is 15.7 Å². The zero-order valence-corrected chi connectivity index (χ0v) is 11.9. The Labute approximate surface area is 119 Å². The number of carbonyl (C=O) groups excluding carboxylic acids is 1. The monoisotopic (exact) mass is 326 g/mol. The molecule has 0 unspecified atom stereocenters. The van der Waals surface area contributed by atoms with E-state index in [2.05, 4.69) is 21.2 Å². The van der Waals surface area contributed by atoms with E-state index in [1.807, 2.05) is 0 Å². The minimum Gasteiger partial charge on any atom is -0.480 e. The van der Waals surface area contributed by atoms with Gasteiger partial charge in [0.2, 0.25) is 0 Å². The standard InChI is InChI=1S/C13H15BrN2O3/c14-9-5-8(6-10(15)7-9)11(17)16-13(12(18)19)3-1-2-4-13/h5-7H,1-4,15H2,(H,16,17)(H,18,19). The first-order chi connectivity index (χ1) is 8.93. The number of nitrogens with two attached hydrogens (primary N) is 1. The highest BCUT2D eigenvalue weighted by Gasteiger charge is 2.42. The minimum absolute atomic E-state index is 0.361. The number of hydrogen-bond acceptors (Lipinski definition) is 3. The lowest BCUT2D eigenvalue weighted by Crippen LogP contribution is -2.52. The van der Waals surface area contributed by atoms with Crippen LogP contribution in [-0.2, 0) is 4.79 Å². The van der Waals surface area contributed by atoms with Crippen LogP contribution in [0, 0.1) is 0 Å². The van der Waals surface area contributed by atoms with Crippen molar-refractivity contribution in [1.29, 1.82) is 0 Å². The summed E-state index contributed by atoms with van der Waals surface area (Å²) >= 11 is 3.26. The summed E-state index contributed by atoms with van der Waals surface area (Å²) in [7, 11) is 0. The fourth-order valence-corrected chi connectivity index (χ4v) is 2.91. The van der Waals surface area contributed by atoms with Gasteiger partial charge in [-0.1, -0.05) is 28.8 Å². The maximum Gasteiger partial charge on any atom is 0.329 e. The fraction of sp³-hybridized carbons (Fsp3) is 0.385. The van der Waals surface area contributed by atoms with E-state index in [-0.39, 0.29) is 0 Å². The van der Waals surface area contributed by atoms with Crippen LogP contribution in [-0.4, -0.2) is 22.5 Å². The summed E-state index contributed by atoms with van der Waals surface area (Å²) in [5.41, 5.74) is 5.36. The molecule has 0 bridgehead atoms. The van der Waals surface area contributed by atoms with Crippen molar-refractivity contribution in [2.45, 2.75) is 31.2 Å². The molecule has 1 aromatic carbocycles. The molecule has 4 N–H and O–H groups in total. The Bertz CT molecular complexity index is 504. The molecule has 102 valence electrons. The number of carbonyl (C=O) groups is 2. The first-order valence-corrected chi connectivity index (χ1v) is 6.84. The van der Waals surface area contributed by atoms with Crippen molar-refractivity contribution in [3.05, 3.63) is 28.2 Å². The van der Waals surface area contributed by atoms with Crippen LogP contribution in [0.25, 0.3) is 0 Å². The van der Waals surface area contributed by atoms with E-state index in [0.29, 0.717) is 28.6 Å². The van der Waals surface area contributed by atoms with E-state index in [0.717, 1.165) is 12.8 Å². The Kier molecular flexibility index (Phi) is 3.80. The third-order valence-corrected chi connectivity index (χ3v) is 3.86. The molecule has 6 heteroatoms. The average Bonchev–Trinajstić information content (AvgIpc) is 2.77. The lowest BCUT2D eigenvalue weighted by Gasteiger charge is -2.25. The molecule has 0 aliphatic heterocycles. The second kappa shape index (κ2) is 5.21. The molecule has 1 aliphatic carbocycles. The normalized spacial score (nSPS) is 17.1. The van der Waals surface area contributed by atoms with Crippen LogP contribution in [0.5, 0.6) is 0 Å². The molecule has 0 spiro atoms. The Morgan fingerprint density at radius 1 is 1.26 bits per heavy atom. The fourth-order valence-electron chi connectivity index (χ4n) is 2.40. The zero-order chi connectivity index (χ0) is 14.0. The summed E-state index contributed by atoms with van der Waals surface area (Å²) in [6.45, 7) is 0. The Hall–Kier alpha value is -1.56. The van der Waals surface area contributed by atoms with E-state index in [1.54, 1.807) is 12.1 Å². The number of halogens is 1. The lowest BCUT2D eigenvalue weighted by atomic mass is 9.97. The van der Waals surface area contributed by atoms with Gasteiger partial charge in [-0.3, -0.25) is 4.79 Å². The van der Waals surface area contributed by atoms with Gasteiger partial charge < -0.3 is 16.2 Å². The number of hydrogen-bond donors (Lipinski definition) is 3. The smallest absolute Gasteiger partial charge is 0.329 e. The van der Waals surface area contributed by atoms with E-state index in [4.69, 9.17) is 5.73 Å². The van der Waals surface area contributed by atoms with Gasteiger partial charge in [0.25, 0.3) is 5.91 Å². The van der Waals surface area contributed by atoms with Crippen molar-refractivity contribution in [1.82, 2.24) is 5.32 Å². The number of amides is 1. The molecule has 0 atom stereocenters. The van der Waals surface area contributed by atoms with E-state index in [9.17, 15) is 14.7 Å². The molecule has 0 aromatic heterocycles. The van der Waals surface area contributed by atoms with Crippen LogP contribution >= 0.6 is 15.9 Å². The molecule has 5 nitrogen and oxygen atoms in total. The summed E-state index contributed by atoms with van der Waals surface area (Å²) in [5, 5.41) is 12.0. The summed E-state index contributed by atoms with van der Waals surface area (Å²) in [6, 6.07) is 4.83. The highest BCUT2D eigenvalue weighted by Crippen LogP contribution is 2.30. The molecule has 19 heavy (non-hydrogen) atoms. The van der Waals surface area contributed by atoms with Crippen molar-refractivity contribution in [3.8, 4) is 0 Å². The Morgan fingerprint density at radius 3 is 2.42 bits per heavy atom. The number of aliphatic carboxylic acids is 1. The van der Waals surface area contributed by atoms with Gasteiger partial charge >= 0.3 is 5.97 Å². The number of carboxylic acids is 1. The van der Waals surface area contributed by atoms with Crippen LogP contribution in [0.1, 0.15) is 36.0 Å². The maximum absolute atomic E-state index is 12.2. The molecular weight excluding hydrogens is 312 g/mol. The molecule has 1 saturated carbocycles. The summed E-state index contributed by atoms with van der Waals surface area (Å²) < 4.78 is 0.688. The number of nitrogens with one attached hydrogen (secondary N) is 1. The predicted octanol–water partition coefficient (Wildman–Crippen LogP) is 2.16. The molecule has 2 rings (SSSR count). The molecule has 0 saturated heterocycles. The third-order valence-electron chi connectivity index (χ3n) is 3.40. The molecule has 1 amide bonds. The van der Waals surface area contributed by atoms with E-state index in [1.165, 1.54) is 6.07 Å². The van der Waals surface area contributed by atoms with E-state index < -0.39 is 17.4 Å². The number of carboxylic acid groups (broad SMARTS) is 1. The maximum atomic E-state index is 12.2. The largest absolute Gasteiger partial charge is 0.480 e. The highest BCUT2D eigenvalue weighted by molar-refractivity contribution is 9.10. The summed E-state index contributed by atoms with van der Waals surface area (Å²) in [4.78, 5) is 23.5. The van der Waals surface area contributed by atoms with Gasteiger partial charge in [-0.05, 0) is 31.0 Å².